The lowest BCUT2D eigenvalue weighted by Crippen LogP contribution is -2.51. The lowest BCUT2D eigenvalue weighted by Gasteiger charge is -2.40. The molecule has 0 bridgehead atoms. The quantitative estimate of drug-likeness (QED) is 0.620. The number of ether oxygens (including phenoxy) is 1. The van der Waals surface area contributed by atoms with Gasteiger partial charge in [0.15, 0.2) is 5.65 Å². The van der Waals surface area contributed by atoms with Crippen LogP contribution in [0, 0.1) is 5.82 Å². The number of halogens is 1. The van der Waals surface area contributed by atoms with E-state index in [0.29, 0.717) is 45.6 Å². The average Bonchev–Trinajstić information content (AvgIpc) is 2.77. The molecule has 32 heavy (non-hydrogen) atoms. The zero-order valence-electron chi connectivity index (χ0n) is 18.7. The molecule has 0 amide bonds. The third-order valence-electron chi connectivity index (χ3n) is 5.67. The number of hydrogen-bond acceptors (Lipinski definition) is 8. The summed E-state index contributed by atoms with van der Waals surface area (Å²) in [5.74, 6) is 1.12. The molecule has 2 aromatic heterocycles. The predicted molar refractivity (Wildman–Crippen MR) is 127 cm³/mol. The number of aromatic nitrogens is 3. The number of pyridine rings is 1. The topological polar surface area (TPSA) is 111 Å². The van der Waals surface area contributed by atoms with Gasteiger partial charge in [-0.2, -0.15) is 4.98 Å². The summed E-state index contributed by atoms with van der Waals surface area (Å²) in [6, 6.07) is 6.68. The summed E-state index contributed by atoms with van der Waals surface area (Å²) in [6.07, 6.45) is 3.16. The Morgan fingerprint density at radius 1 is 1.22 bits per heavy atom. The lowest BCUT2D eigenvalue weighted by molar-refractivity contribution is 0.397. The van der Waals surface area contributed by atoms with Crippen molar-refractivity contribution < 1.29 is 9.13 Å². The van der Waals surface area contributed by atoms with Gasteiger partial charge in [-0.15, -0.1) is 0 Å². The van der Waals surface area contributed by atoms with Gasteiger partial charge in [0.25, 0.3) is 0 Å². The van der Waals surface area contributed by atoms with Crippen LogP contribution in [-0.4, -0.2) is 45.4 Å². The summed E-state index contributed by atoms with van der Waals surface area (Å²) in [6.45, 7) is 5.96. The number of nitrogens with two attached hydrogens (primary N) is 1. The summed E-state index contributed by atoms with van der Waals surface area (Å²) >= 11 is 0. The Balaban J connectivity index is 1.75. The van der Waals surface area contributed by atoms with Gasteiger partial charge in [-0.05, 0) is 45.0 Å². The molecule has 0 saturated heterocycles. The summed E-state index contributed by atoms with van der Waals surface area (Å²) in [7, 11) is 2.91. The monoisotopic (exact) mass is 455 g/mol. The van der Waals surface area contributed by atoms with Crippen LogP contribution in [0.4, 0.5) is 15.8 Å². The van der Waals surface area contributed by atoms with Crippen molar-refractivity contribution in [3.63, 3.8) is 0 Å². The number of anilines is 2. The number of rotatable bonds is 4. The molecule has 168 valence electrons. The largest absolute Gasteiger partial charge is 0.480 e. The standard InChI is InChI=1S/C22H26FN7OS/c1-21(2)20(24)30-22(3,12-32(21)25-4)14-10-13(6-7-15(14)23)28-16-8-9-26-19-18(16)27-11-17(29-19)31-5/h6-11H,12H2,1-5H3,(H2,24,30)(H,26,28,29)/t22-,32-/m0/s1. The van der Waals surface area contributed by atoms with Crippen LogP contribution in [0.1, 0.15) is 26.3 Å². The van der Waals surface area contributed by atoms with Gasteiger partial charge >= 0.3 is 0 Å². The molecule has 0 spiro atoms. The zero-order chi connectivity index (χ0) is 23.1. The van der Waals surface area contributed by atoms with Crippen molar-refractivity contribution in [3.05, 3.63) is 48.0 Å². The number of aliphatic imine (C=N–C) groups is 1. The van der Waals surface area contributed by atoms with Crippen LogP contribution in [0.2, 0.25) is 0 Å². The van der Waals surface area contributed by atoms with Gasteiger partial charge in [-0.25, -0.2) is 14.4 Å². The number of hydrogen-bond donors (Lipinski definition) is 2. The Bertz CT molecular complexity index is 1260. The minimum absolute atomic E-state index is 0.335. The molecule has 3 heterocycles. The number of nitrogens with one attached hydrogen (secondary N) is 1. The normalized spacial score (nSPS) is 22.6. The van der Waals surface area contributed by atoms with E-state index in [2.05, 4.69) is 24.6 Å². The molecule has 3 N–H and O–H groups in total. The van der Waals surface area contributed by atoms with E-state index < -0.39 is 16.2 Å². The first kappa shape index (κ1) is 22.1. The van der Waals surface area contributed by atoms with Crippen molar-refractivity contribution in [2.45, 2.75) is 31.1 Å². The highest BCUT2D eigenvalue weighted by Gasteiger charge is 2.42. The maximum absolute atomic E-state index is 15.0. The van der Waals surface area contributed by atoms with Crippen molar-refractivity contribution in [2.24, 2.45) is 15.1 Å². The van der Waals surface area contributed by atoms with Crippen LogP contribution in [0.5, 0.6) is 5.88 Å². The Kier molecular flexibility index (Phi) is 5.58. The third-order valence-corrected chi connectivity index (χ3v) is 8.33. The SMILES string of the molecule is CN=[S@]1C[C@@](C)(c2cc(Nc3ccnc4nc(OC)cnc34)ccc2F)N=C(N)C1(C)C. The summed E-state index contributed by atoms with van der Waals surface area (Å²) in [4.78, 5) is 17.7. The number of nitrogens with zero attached hydrogens (tertiary/aromatic N) is 5. The second kappa shape index (κ2) is 8.09. The Morgan fingerprint density at radius 2 is 2.00 bits per heavy atom. The molecule has 3 aromatic rings. The average molecular weight is 456 g/mol. The Morgan fingerprint density at radius 3 is 2.72 bits per heavy atom. The summed E-state index contributed by atoms with van der Waals surface area (Å²) < 4.78 is 24.3. The zero-order valence-corrected chi connectivity index (χ0v) is 19.5. The van der Waals surface area contributed by atoms with Gasteiger partial charge in [0.2, 0.25) is 5.88 Å². The maximum Gasteiger partial charge on any atom is 0.234 e. The van der Waals surface area contributed by atoms with Crippen molar-refractivity contribution >= 4 is 39.1 Å². The molecule has 2 atom stereocenters. The number of amidine groups is 1. The molecular weight excluding hydrogens is 429 g/mol. The molecule has 1 aromatic carbocycles. The molecular formula is C22H26FN7OS. The van der Waals surface area contributed by atoms with E-state index in [4.69, 9.17) is 15.5 Å². The second-order valence-corrected chi connectivity index (χ2v) is 10.6. The highest BCUT2D eigenvalue weighted by molar-refractivity contribution is 7.89. The van der Waals surface area contributed by atoms with Crippen LogP contribution >= 0.6 is 0 Å². The lowest BCUT2D eigenvalue weighted by atomic mass is 9.92. The number of methoxy groups -OCH3 is 1. The van der Waals surface area contributed by atoms with Crippen LogP contribution < -0.4 is 15.8 Å². The number of benzene rings is 1. The van der Waals surface area contributed by atoms with Gasteiger partial charge in [0.05, 0.1) is 29.3 Å². The van der Waals surface area contributed by atoms with Crippen molar-refractivity contribution in [1.82, 2.24) is 15.0 Å². The highest BCUT2D eigenvalue weighted by Crippen LogP contribution is 2.38. The van der Waals surface area contributed by atoms with Crippen LogP contribution in [-0.2, 0) is 16.2 Å². The fourth-order valence-electron chi connectivity index (χ4n) is 3.71. The van der Waals surface area contributed by atoms with E-state index >= 15 is 4.39 Å². The first-order chi connectivity index (χ1) is 15.2. The molecule has 0 radical (unpaired) electrons. The van der Waals surface area contributed by atoms with Crippen LogP contribution in [0.25, 0.3) is 11.2 Å². The summed E-state index contributed by atoms with van der Waals surface area (Å²) in [5, 5.41) is 3.31. The third kappa shape index (κ3) is 3.79. The summed E-state index contributed by atoms with van der Waals surface area (Å²) in [5.41, 5.74) is 8.38. The molecule has 8 nitrogen and oxygen atoms in total. The smallest absolute Gasteiger partial charge is 0.234 e. The first-order valence-electron chi connectivity index (χ1n) is 10.1. The minimum Gasteiger partial charge on any atom is -0.480 e. The van der Waals surface area contributed by atoms with Crippen molar-refractivity contribution in [2.75, 3.05) is 25.2 Å². The Labute approximate surface area is 188 Å². The second-order valence-electron chi connectivity index (χ2n) is 8.24. The molecule has 0 unspecified atom stereocenters. The van der Waals surface area contributed by atoms with Gasteiger partial charge in [0, 0.05) is 30.2 Å². The molecule has 10 heteroatoms. The fourth-order valence-corrected chi connectivity index (χ4v) is 5.69. The predicted octanol–water partition coefficient (Wildman–Crippen LogP) is 3.71. The first-order valence-corrected chi connectivity index (χ1v) is 11.4. The van der Waals surface area contributed by atoms with Gasteiger partial charge in [0.1, 0.15) is 17.2 Å². The number of fused-ring (bicyclic) bond motifs is 1. The van der Waals surface area contributed by atoms with E-state index in [-0.39, 0.29) is 10.6 Å². The molecule has 1 aliphatic rings. The van der Waals surface area contributed by atoms with Crippen LogP contribution in [0.15, 0.2) is 46.0 Å². The van der Waals surface area contributed by atoms with Crippen molar-refractivity contribution in [1.29, 1.82) is 0 Å². The molecule has 1 aliphatic heterocycles. The van der Waals surface area contributed by atoms with Gasteiger partial charge in [-0.3, -0.25) is 9.36 Å². The Hall–Kier alpha value is -3.14. The van der Waals surface area contributed by atoms with Crippen LogP contribution in [0.3, 0.4) is 0 Å². The van der Waals surface area contributed by atoms with E-state index in [1.54, 1.807) is 31.4 Å². The molecule has 0 fully saturated rings. The maximum atomic E-state index is 15.0. The van der Waals surface area contributed by atoms with E-state index in [9.17, 15) is 0 Å². The minimum atomic E-state index is -0.822. The highest BCUT2D eigenvalue weighted by atomic mass is 32.2. The van der Waals surface area contributed by atoms with Gasteiger partial charge in [-0.1, -0.05) is 10.7 Å². The van der Waals surface area contributed by atoms with E-state index in [0.717, 1.165) is 0 Å². The fraction of sp³-hybridized carbons (Fsp3) is 0.364. The molecule has 0 aliphatic carbocycles. The van der Waals surface area contributed by atoms with Gasteiger partial charge < -0.3 is 15.8 Å². The van der Waals surface area contributed by atoms with Crippen molar-refractivity contribution in [3.8, 4) is 5.88 Å². The van der Waals surface area contributed by atoms with E-state index in [1.807, 2.05) is 20.8 Å². The van der Waals surface area contributed by atoms with E-state index in [1.165, 1.54) is 19.4 Å². The molecule has 0 saturated carbocycles. The molecule has 4 rings (SSSR count).